The van der Waals surface area contributed by atoms with Gasteiger partial charge in [-0.3, -0.25) is 40.5 Å². The van der Waals surface area contributed by atoms with Crippen LogP contribution in [0.5, 0.6) is 11.5 Å². The van der Waals surface area contributed by atoms with Crippen molar-refractivity contribution in [3.05, 3.63) is 186 Å². The number of non-ortho nitro benzene ring substituents is 1. The molecule has 309 valence electrons. The number of aromatic hydroxyl groups is 2. The van der Waals surface area contributed by atoms with E-state index in [9.17, 15) is 40.5 Å². The number of hydrogen-bond acceptors (Lipinski definition) is 16. The average molecular weight is 842 g/mol. The van der Waals surface area contributed by atoms with Crippen LogP contribution >= 0.6 is 0 Å². The Labute approximate surface area is 370 Å². The van der Waals surface area contributed by atoms with Gasteiger partial charge in [-0.25, -0.2) is 0 Å². The number of rotatable bonds is 10. The summed E-state index contributed by atoms with van der Waals surface area (Å²) in [7, 11) is 7.99. The summed E-state index contributed by atoms with van der Waals surface area (Å²) >= 11 is 0. The molecule has 2 N–H and O–H groups in total. The Bertz CT molecular complexity index is 2310. The van der Waals surface area contributed by atoms with E-state index in [4.69, 9.17) is 10.2 Å². The van der Waals surface area contributed by atoms with Crippen LogP contribution in [0.3, 0.4) is 0 Å². The van der Waals surface area contributed by atoms with Crippen molar-refractivity contribution in [1.82, 2.24) is 0 Å². The number of anilines is 2. The fraction of sp³-hybridized carbons (Fsp3) is 0.100. The first-order chi connectivity index (χ1) is 28.6. The van der Waals surface area contributed by atoms with Gasteiger partial charge in [0.25, 0.3) is 11.4 Å². The molecule has 0 aromatic heterocycles. The molecule has 21 heteroatoms. The molecule has 0 bridgehead atoms. The molecule has 6 rings (SSSR count). The van der Waals surface area contributed by atoms with E-state index < -0.39 is 53.9 Å². The summed E-state index contributed by atoms with van der Waals surface area (Å²) in [4.78, 5) is 41.5. The van der Waals surface area contributed by atoms with Crippen LogP contribution in [0.25, 0.3) is 0 Å². The molecule has 0 fully saturated rings. The summed E-state index contributed by atoms with van der Waals surface area (Å²) in [5.41, 5.74) is 3.16. The van der Waals surface area contributed by atoms with Crippen molar-refractivity contribution < 1.29 is 29.9 Å². The molecule has 20 nitrogen and oxygen atoms in total. The Balaban J connectivity index is 0.000000281. The van der Waals surface area contributed by atoms with Gasteiger partial charge < -0.3 is 20.0 Å². The van der Waals surface area contributed by atoms with Crippen LogP contribution in [-0.4, -0.2) is 87.7 Å². The second kappa shape index (κ2) is 24.9. The van der Waals surface area contributed by atoms with Crippen LogP contribution < -0.4 is 9.80 Å². The van der Waals surface area contributed by atoms with Crippen LogP contribution in [-0.2, 0) is 0 Å². The summed E-state index contributed by atoms with van der Waals surface area (Å²) < 4.78 is 0. The van der Waals surface area contributed by atoms with E-state index in [0.29, 0.717) is 6.07 Å². The number of para-hydroxylation sites is 3. The van der Waals surface area contributed by atoms with Crippen LogP contribution in [0.1, 0.15) is 0 Å². The van der Waals surface area contributed by atoms with Crippen LogP contribution in [0.2, 0.25) is 0 Å². The van der Waals surface area contributed by atoms with Crippen molar-refractivity contribution in [3.8, 4) is 11.5 Å². The zero-order valence-corrected chi connectivity index (χ0v) is 35.5. The van der Waals surface area contributed by atoms with Gasteiger partial charge in [-0.1, -0.05) is 60.7 Å². The van der Waals surface area contributed by atoms with Crippen molar-refractivity contribution >= 4 is 86.4 Å². The first kappa shape index (κ1) is 49.5. The molecular formula is C40H38N10NaO10. The Kier molecular flexibility index (Phi) is 20.2. The standard InChI is InChI=1S/2C14H15N3.2C6H4N2O5.Na/c2*1-17(2)14-11-7-6-10-13(14)16-15-12-8-4-3-5-9-12;9-6-2-1-4(7(10)11)3-5(6)8(12)13;9-6-4(7(10)11)2-1-3-5(6)8(12)13;/h2*3-11H,1-2H3;2*1-3,9H;. The average Bonchev–Trinajstić information content (AvgIpc) is 3.23. The summed E-state index contributed by atoms with van der Waals surface area (Å²) in [5.74, 6) is -1.51. The number of phenolic OH excluding ortho intramolecular Hbond substituents is 2. The quantitative estimate of drug-likeness (QED) is 0.0564. The Morgan fingerprint density at radius 2 is 0.820 bits per heavy atom. The first-order valence-electron chi connectivity index (χ1n) is 17.3. The van der Waals surface area contributed by atoms with Crippen molar-refractivity contribution in [2.45, 2.75) is 0 Å². The van der Waals surface area contributed by atoms with E-state index >= 15 is 0 Å². The number of azo groups is 2. The minimum Gasteiger partial charge on any atom is -0.502 e. The number of benzene rings is 6. The number of nitro groups is 4. The van der Waals surface area contributed by atoms with Crippen LogP contribution in [0, 0.1) is 40.5 Å². The van der Waals surface area contributed by atoms with Gasteiger partial charge in [-0.2, -0.15) is 10.2 Å². The zero-order valence-electron chi connectivity index (χ0n) is 33.5. The predicted octanol–water partition coefficient (Wildman–Crippen LogP) is 10.4. The second-order valence-corrected chi connectivity index (χ2v) is 12.2. The second-order valence-electron chi connectivity index (χ2n) is 12.2. The Hall–Kier alpha value is -7.68. The molecule has 0 aliphatic rings. The smallest absolute Gasteiger partial charge is 0.318 e. The molecule has 0 aliphatic carbocycles. The van der Waals surface area contributed by atoms with E-state index in [-0.39, 0.29) is 29.6 Å². The molecule has 61 heavy (non-hydrogen) atoms. The van der Waals surface area contributed by atoms with Gasteiger partial charge in [0.2, 0.25) is 0 Å². The van der Waals surface area contributed by atoms with Gasteiger partial charge in [0, 0.05) is 75.9 Å². The monoisotopic (exact) mass is 841 g/mol. The third-order valence-electron chi connectivity index (χ3n) is 7.54. The minimum atomic E-state index is -0.919. The topological polar surface area (TPSA) is 269 Å². The van der Waals surface area contributed by atoms with Gasteiger partial charge in [0.05, 0.1) is 48.5 Å². The van der Waals surface area contributed by atoms with Crippen molar-refractivity contribution in [3.63, 3.8) is 0 Å². The molecule has 0 aliphatic heterocycles. The van der Waals surface area contributed by atoms with Crippen molar-refractivity contribution in [2.24, 2.45) is 20.5 Å². The molecule has 0 amide bonds. The van der Waals surface area contributed by atoms with E-state index in [1.807, 2.05) is 147 Å². The Morgan fingerprint density at radius 1 is 0.443 bits per heavy atom. The van der Waals surface area contributed by atoms with E-state index in [2.05, 4.69) is 20.5 Å². The van der Waals surface area contributed by atoms with Gasteiger partial charge >= 0.3 is 17.1 Å². The molecule has 0 spiro atoms. The third kappa shape index (κ3) is 15.9. The normalized spacial score (nSPS) is 10.0. The van der Waals surface area contributed by atoms with Gasteiger partial charge in [-0.15, -0.1) is 10.2 Å². The van der Waals surface area contributed by atoms with Crippen molar-refractivity contribution in [2.75, 3.05) is 38.0 Å². The van der Waals surface area contributed by atoms with Gasteiger partial charge in [0.1, 0.15) is 11.4 Å². The van der Waals surface area contributed by atoms with Gasteiger partial charge in [-0.05, 0) is 60.7 Å². The number of hydrogen-bond donors (Lipinski definition) is 2. The molecule has 0 unspecified atom stereocenters. The summed E-state index contributed by atoms with van der Waals surface area (Å²) in [5, 5.41) is 75.8. The Morgan fingerprint density at radius 3 is 1.18 bits per heavy atom. The largest absolute Gasteiger partial charge is 0.502 e. The number of phenols is 2. The molecular weight excluding hydrogens is 803 g/mol. The summed E-state index contributed by atoms with van der Waals surface area (Å²) in [6, 6.07) is 41.1. The van der Waals surface area contributed by atoms with E-state index in [1.54, 1.807) is 0 Å². The third-order valence-corrected chi connectivity index (χ3v) is 7.54. The van der Waals surface area contributed by atoms with E-state index in [1.165, 1.54) is 0 Å². The zero-order chi connectivity index (χ0) is 44.2. The molecule has 0 saturated carbocycles. The summed E-state index contributed by atoms with van der Waals surface area (Å²) in [6.45, 7) is 0. The van der Waals surface area contributed by atoms with E-state index in [0.717, 1.165) is 64.5 Å². The number of nitrogens with zero attached hydrogens (tertiary/aromatic N) is 10. The van der Waals surface area contributed by atoms with Gasteiger partial charge in [0.15, 0.2) is 5.75 Å². The molecule has 6 aromatic rings. The molecule has 0 heterocycles. The minimum absolute atomic E-state index is 0. The molecule has 6 aromatic carbocycles. The SMILES string of the molecule is CN(C)c1ccccc1N=Nc1ccccc1.CN(C)c1ccccc1N=Nc1ccccc1.O=[N+]([O-])c1ccc(O)c([N+](=O)[O-])c1.O=[N+]([O-])c1cccc([N+](=O)[O-])c1O.[Na]. The molecule has 0 atom stereocenters. The molecule has 0 saturated heterocycles. The number of nitro benzene ring substituents is 4. The maximum atomic E-state index is 10.2. The van der Waals surface area contributed by atoms with Crippen LogP contribution in [0.4, 0.5) is 56.9 Å². The summed E-state index contributed by atoms with van der Waals surface area (Å²) in [6.07, 6.45) is 0. The fourth-order valence-electron chi connectivity index (χ4n) is 4.65. The molecule has 1 radical (unpaired) electrons. The first-order valence-corrected chi connectivity index (χ1v) is 17.3. The fourth-order valence-corrected chi connectivity index (χ4v) is 4.65. The van der Waals surface area contributed by atoms with Crippen LogP contribution in [0.15, 0.2) is 166 Å². The predicted molar refractivity (Wildman–Crippen MR) is 231 cm³/mol. The maximum Gasteiger partial charge on any atom is 0.318 e. The maximum absolute atomic E-state index is 10.2. The van der Waals surface area contributed by atoms with Crippen molar-refractivity contribution in [1.29, 1.82) is 0 Å².